The van der Waals surface area contributed by atoms with Crippen molar-refractivity contribution in [1.29, 1.82) is 0 Å². The van der Waals surface area contributed by atoms with E-state index in [0.717, 1.165) is 27.0 Å². The number of nitrogens with one attached hydrogen (secondary N) is 1. The average molecular weight is 542 g/mol. The number of carbonyl (C=O) groups excluding carboxylic acids is 1. The number of nitrogens with zero attached hydrogens (tertiary/aromatic N) is 3. The number of amides is 1. The van der Waals surface area contributed by atoms with Crippen molar-refractivity contribution < 1.29 is 4.79 Å². The first kappa shape index (κ1) is 23.5. The van der Waals surface area contributed by atoms with Crippen LogP contribution in [0.15, 0.2) is 70.3 Å². The monoisotopic (exact) mass is 540 g/mol. The maximum absolute atomic E-state index is 12.6. The summed E-state index contributed by atoms with van der Waals surface area (Å²) in [4.78, 5) is 12.6. The van der Waals surface area contributed by atoms with E-state index in [4.69, 9.17) is 11.6 Å². The molecule has 0 atom stereocenters. The molecule has 0 aliphatic rings. The predicted octanol–water partition coefficient (Wildman–Crippen LogP) is 7.01. The Morgan fingerprint density at radius 1 is 0.970 bits per heavy atom. The molecule has 4 rings (SSSR count). The Morgan fingerprint density at radius 3 is 2.42 bits per heavy atom. The highest BCUT2D eigenvalue weighted by atomic mass is 79.9. The third kappa shape index (κ3) is 5.49. The summed E-state index contributed by atoms with van der Waals surface area (Å²) in [5.74, 6) is 0.796. The van der Waals surface area contributed by atoms with Crippen molar-refractivity contribution in [2.24, 2.45) is 0 Å². The number of carbonyl (C=O) groups is 1. The molecule has 0 saturated heterocycles. The number of thioether (sulfide) groups is 1. The molecule has 0 spiro atoms. The van der Waals surface area contributed by atoms with Crippen molar-refractivity contribution in [3.63, 3.8) is 0 Å². The molecule has 3 aromatic carbocycles. The fraction of sp³-hybridized carbons (Fsp3) is 0.160. The molecule has 1 heterocycles. The largest absolute Gasteiger partial charge is 0.325 e. The number of hydrogen-bond donors (Lipinski definition) is 1. The maximum Gasteiger partial charge on any atom is 0.234 e. The SMILES string of the molecule is Cc1ccc(-n2c(SCC(=O)Nc3ccc(Br)c(C)c3)nnc2-c2ccc(Cl)cc2)cc1C. The molecule has 1 amide bonds. The van der Waals surface area contributed by atoms with E-state index in [1.165, 1.54) is 22.9 Å². The summed E-state index contributed by atoms with van der Waals surface area (Å²) in [5, 5.41) is 13.1. The van der Waals surface area contributed by atoms with Gasteiger partial charge in [0.15, 0.2) is 11.0 Å². The van der Waals surface area contributed by atoms with Gasteiger partial charge in [0.25, 0.3) is 0 Å². The molecule has 0 radical (unpaired) electrons. The zero-order chi connectivity index (χ0) is 23.5. The standard InChI is InChI=1S/C25H22BrClN4OS/c1-15-4-10-21(13-16(15)2)31-24(18-5-7-19(27)8-6-18)29-30-25(31)33-14-23(32)28-20-9-11-22(26)17(3)12-20/h4-13H,14H2,1-3H3,(H,28,32). The van der Waals surface area contributed by atoms with Crippen LogP contribution in [0, 0.1) is 20.8 Å². The summed E-state index contributed by atoms with van der Waals surface area (Å²) in [6.07, 6.45) is 0. The molecule has 1 aromatic heterocycles. The third-order valence-corrected chi connectivity index (χ3v) is 7.33. The van der Waals surface area contributed by atoms with E-state index in [1.54, 1.807) is 0 Å². The van der Waals surface area contributed by atoms with E-state index in [9.17, 15) is 4.79 Å². The number of benzene rings is 3. The molecule has 33 heavy (non-hydrogen) atoms. The van der Waals surface area contributed by atoms with Gasteiger partial charge in [0, 0.05) is 20.7 Å². The zero-order valence-electron chi connectivity index (χ0n) is 18.4. The Bertz CT molecular complexity index is 1320. The Labute approximate surface area is 210 Å². The fourth-order valence-electron chi connectivity index (χ4n) is 3.30. The Kier molecular flexibility index (Phi) is 7.22. The molecule has 0 saturated carbocycles. The van der Waals surface area contributed by atoms with Gasteiger partial charge in [0.2, 0.25) is 5.91 Å². The summed E-state index contributed by atoms with van der Waals surface area (Å²) >= 11 is 10.9. The first-order valence-electron chi connectivity index (χ1n) is 10.3. The summed E-state index contributed by atoms with van der Waals surface area (Å²) in [7, 11) is 0. The number of hydrogen-bond acceptors (Lipinski definition) is 4. The van der Waals surface area contributed by atoms with Gasteiger partial charge in [0.1, 0.15) is 0 Å². The van der Waals surface area contributed by atoms with Crippen molar-refractivity contribution in [2.45, 2.75) is 25.9 Å². The molecule has 0 bridgehead atoms. The van der Waals surface area contributed by atoms with E-state index >= 15 is 0 Å². The van der Waals surface area contributed by atoms with E-state index in [1.807, 2.05) is 60.0 Å². The minimum Gasteiger partial charge on any atom is -0.325 e. The van der Waals surface area contributed by atoms with Crippen LogP contribution < -0.4 is 5.32 Å². The molecule has 1 N–H and O–H groups in total. The molecule has 0 aliphatic heterocycles. The van der Waals surface area contributed by atoms with Crippen LogP contribution in [0.3, 0.4) is 0 Å². The molecule has 5 nitrogen and oxygen atoms in total. The molecule has 4 aromatic rings. The lowest BCUT2D eigenvalue weighted by Crippen LogP contribution is -2.14. The zero-order valence-corrected chi connectivity index (χ0v) is 21.6. The number of rotatable bonds is 6. The molecule has 8 heteroatoms. The average Bonchev–Trinajstić information content (AvgIpc) is 3.21. The predicted molar refractivity (Wildman–Crippen MR) is 140 cm³/mol. The summed E-state index contributed by atoms with van der Waals surface area (Å²) in [6, 6.07) is 19.4. The van der Waals surface area contributed by atoms with Gasteiger partial charge in [-0.3, -0.25) is 9.36 Å². The highest BCUT2D eigenvalue weighted by Crippen LogP contribution is 2.30. The Hall–Kier alpha value is -2.61. The van der Waals surface area contributed by atoms with Crippen LogP contribution in [0.25, 0.3) is 17.1 Å². The first-order valence-corrected chi connectivity index (χ1v) is 12.5. The maximum atomic E-state index is 12.6. The van der Waals surface area contributed by atoms with E-state index < -0.39 is 0 Å². The van der Waals surface area contributed by atoms with Gasteiger partial charge in [-0.1, -0.05) is 45.4 Å². The Balaban J connectivity index is 1.62. The quantitative estimate of drug-likeness (QED) is 0.267. The van der Waals surface area contributed by atoms with E-state index in [0.29, 0.717) is 16.0 Å². The van der Waals surface area contributed by atoms with Crippen LogP contribution in [0.2, 0.25) is 5.02 Å². The van der Waals surface area contributed by atoms with Crippen molar-refractivity contribution in [3.8, 4) is 17.1 Å². The Morgan fingerprint density at radius 2 is 1.73 bits per heavy atom. The van der Waals surface area contributed by atoms with Crippen LogP contribution in [0.4, 0.5) is 5.69 Å². The highest BCUT2D eigenvalue weighted by molar-refractivity contribution is 9.10. The van der Waals surface area contributed by atoms with Crippen molar-refractivity contribution in [3.05, 3.63) is 86.8 Å². The summed E-state index contributed by atoms with van der Waals surface area (Å²) < 4.78 is 2.99. The highest BCUT2D eigenvalue weighted by Gasteiger charge is 2.18. The number of halogens is 2. The van der Waals surface area contributed by atoms with Crippen molar-refractivity contribution >= 4 is 50.9 Å². The number of aromatic nitrogens is 3. The smallest absolute Gasteiger partial charge is 0.234 e. The lowest BCUT2D eigenvalue weighted by Gasteiger charge is -2.12. The second kappa shape index (κ2) is 10.1. The molecular formula is C25H22BrClN4OS. The minimum absolute atomic E-state index is 0.107. The van der Waals surface area contributed by atoms with Crippen LogP contribution in [-0.4, -0.2) is 26.4 Å². The number of aryl methyl sites for hydroxylation is 3. The van der Waals surface area contributed by atoms with Gasteiger partial charge in [-0.05, 0) is 92.1 Å². The normalized spacial score (nSPS) is 10.9. The lowest BCUT2D eigenvalue weighted by molar-refractivity contribution is -0.113. The second-order valence-electron chi connectivity index (χ2n) is 7.72. The van der Waals surface area contributed by atoms with Gasteiger partial charge < -0.3 is 5.32 Å². The number of anilines is 1. The van der Waals surface area contributed by atoms with Crippen LogP contribution in [0.1, 0.15) is 16.7 Å². The van der Waals surface area contributed by atoms with Crippen LogP contribution in [0.5, 0.6) is 0 Å². The van der Waals surface area contributed by atoms with Gasteiger partial charge in [-0.2, -0.15) is 0 Å². The summed E-state index contributed by atoms with van der Waals surface area (Å²) in [6.45, 7) is 6.14. The van der Waals surface area contributed by atoms with Crippen molar-refractivity contribution in [1.82, 2.24) is 14.8 Å². The molecular weight excluding hydrogens is 520 g/mol. The van der Waals surface area contributed by atoms with E-state index in [2.05, 4.69) is 57.4 Å². The molecule has 168 valence electrons. The summed E-state index contributed by atoms with van der Waals surface area (Å²) in [5.41, 5.74) is 6.04. The first-order chi connectivity index (χ1) is 15.8. The topological polar surface area (TPSA) is 59.8 Å². The van der Waals surface area contributed by atoms with Gasteiger partial charge in [0.05, 0.1) is 11.4 Å². The van der Waals surface area contributed by atoms with Crippen molar-refractivity contribution in [2.75, 3.05) is 11.1 Å². The van der Waals surface area contributed by atoms with Gasteiger partial charge >= 0.3 is 0 Å². The second-order valence-corrected chi connectivity index (χ2v) is 9.95. The van der Waals surface area contributed by atoms with Gasteiger partial charge in [-0.25, -0.2) is 0 Å². The molecule has 0 unspecified atom stereocenters. The molecule has 0 fully saturated rings. The third-order valence-electron chi connectivity index (χ3n) is 5.26. The van der Waals surface area contributed by atoms with Gasteiger partial charge in [-0.15, -0.1) is 10.2 Å². The molecule has 0 aliphatic carbocycles. The lowest BCUT2D eigenvalue weighted by atomic mass is 10.1. The minimum atomic E-state index is -0.107. The van der Waals surface area contributed by atoms with Crippen LogP contribution in [-0.2, 0) is 4.79 Å². The fourth-order valence-corrected chi connectivity index (χ4v) is 4.42. The van der Waals surface area contributed by atoms with Crippen LogP contribution >= 0.6 is 39.3 Å². The van der Waals surface area contributed by atoms with E-state index in [-0.39, 0.29) is 11.7 Å².